The van der Waals surface area contributed by atoms with Crippen molar-refractivity contribution in [2.75, 3.05) is 13.2 Å². The van der Waals surface area contributed by atoms with Crippen molar-refractivity contribution in [2.45, 2.75) is 6.10 Å². The summed E-state index contributed by atoms with van der Waals surface area (Å²) in [5.41, 5.74) is 5.00. The van der Waals surface area contributed by atoms with Crippen LogP contribution in [-0.4, -0.2) is 24.4 Å². The highest BCUT2D eigenvalue weighted by molar-refractivity contribution is 4.50. The third-order valence-electron chi connectivity index (χ3n) is 0.582. The molecule has 0 amide bonds. The van der Waals surface area contributed by atoms with Crippen LogP contribution in [0.1, 0.15) is 0 Å². The second-order valence-electron chi connectivity index (χ2n) is 1.26. The van der Waals surface area contributed by atoms with E-state index in [1.54, 1.807) is 0 Å². The maximum Gasteiger partial charge on any atom is 0.0895 e. The SMILES string of the molecule is [CH2]OCC(O)CN. The highest BCUT2D eigenvalue weighted by Gasteiger charge is 1.95. The van der Waals surface area contributed by atoms with E-state index in [1.807, 2.05) is 0 Å². The summed E-state index contributed by atoms with van der Waals surface area (Å²) in [6.07, 6.45) is -0.558. The van der Waals surface area contributed by atoms with E-state index in [1.165, 1.54) is 0 Å². The zero-order chi connectivity index (χ0) is 5.70. The molecule has 0 aliphatic carbocycles. The van der Waals surface area contributed by atoms with E-state index in [2.05, 4.69) is 11.8 Å². The maximum atomic E-state index is 8.57. The van der Waals surface area contributed by atoms with Gasteiger partial charge in [0.1, 0.15) is 0 Å². The highest BCUT2D eigenvalue weighted by Crippen LogP contribution is 1.77. The monoisotopic (exact) mass is 104 g/mol. The molecule has 3 heteroatoms. The first-order valence-corrected chi connectivity index (χ1v) is 2.06. The first-order chi connectivity index (χ1) is 3.31. The Morgan fingerprint density at radius 3 is 2.57 bits per heavy atom. The number of hydrogen-bond acceptors (Lipinski definition) is 3. The quantitative estimate of drug-likeness (QED) is 0.488. The van der Waals surface area contributed by atoms with Gasteiger partial charge in [0.25, 0.3) is 0 Å². The Morgan fingerprint density at radius 2 is 2.43 bits per heavy atom. The van der Waals surface area contributed by atoms with Gasteiger partial charge in [-0.05, 0) is 0 Å². The molecular formula is C4H10NO2. The fraction of sp³-hybridized carbons (Fsp3) is 0.750. The second-order valence-corrected chi connectivity index (χ2v) is 1.26. The molecule has 0 fully saturated rings. The van der Waals surface area contributed by atoms with E-state index < -0.39 is 6.10 Å². The maximum absolute atomic E-state index is 8.57. The van der Waals surface area contributed by atoms with Gasteiger partial charge in [0.15, 0.2) is 0 Å². The van der Waals surface area contributed by atoms with Crippen LogP contribution in [0, 0.1) is 7.11 Å². The lowest BCUT2D eigenvalue weighted by atomic mass is 10.4. The van der Waals surface area contributed by atoms with Crippen LogP contribution in [-0.2, 0) is 4.74 Å². The molecule has 0 aliphatic rings. The average Bonchev–Trinajstić information content (AvgIpc) is 1.68. The topological polar surface area (TPSA) is 55.5 Å². The van der Waals surface area contributed by atoms with Gasteiger partial charge in [0, 0.05) is 6.54 Å². The lowest BCUT2D eigenvalue weighted by Gasteiger charge is -2.02. The van der Waals surface area contributed by atoms with Gasteiger partial charge in [-0.15, -0.1) is 0 Å². The molecule has 0 aromatic carbocycles. The summed E-state index contributed by atoms with van der Waals surface area (Å²) >= 11 is 0. The molecule has 0 saturated heterocycles. The molecule has 1 unspecified atom stereocenters. The molecule has 43 valence electrons. The Labute approximate surface area is 43.1 Å². The Hall–Kier alpha value is -0.120. The predicted octanol–water partition coefficient (Wildman–Crippen LogP) is -0.886. The van der Waals surface area contributed by atoms with E-state index in [-0.39, 0.29) is 13.2 Å². The van der Waals surface area contributed by atoms with Crippen molar-refractivity contribution in [3.63, 3.8) is 0 Å². The molecule has 0 aliphatic heterocycles. The van der Waals surface area contributed by atoms with Crippen LogP contribution in [0.5, 0.6) is 0 Å². The summed E-state index contributed by atoms with van der Waals surface area (Å²) in [7, 11) is 3.06. The lowest BCUT2D eigenvalue weighted by Crippen LogP contribution is -2.23. The number of aliphatic hydroxyl groups is 1. The first kappa shape index (κ1) is 6.88. The molecule has 7 heavy (non-hydrogen) atoms. The summed E-state index contributed by atoms with van der Waals surface area (Å²) in [6, 6.07) is 0. The van der Waals surface area contributed by atoms with Crippen LogP contribution in [0.2, 0.25) is 0 Å². The zero-order valence-corrected chi connectivity index (χ0v) is 4.13. The fourth-order valence-corrected chi connectivity index (χ4v) is 0.204. The normalized spacial score (nSPS) is 14.1. The minimum Gasteiger partial charge on any atom is -0.389 e. The molecule has 0 aromatic heterocycles. The summed E-state index contributed by atoms with van der Waals surface area (Å²) in [5, 5.41) is 8.57. The molecule has 3 nitrogen and oxygen atoms in total. The van der Waals surface area contributed by atoms with Gasteiger partial charge in [-0.3, -0.25) is 0 Å². The third kappa shape index (κ3) is 3.72. The van der Waals surface area contributed by atoms with Crippen LogP contribution in [0.3, 0.4) is 0 Å². The van der Waals surface area contributed by atoms with Gasteiger partial charge in [-0.1, -0.05) is 0 Å². The van der Waals surface area contributed by atoms with Crippen LogP contribution in [0.25, 0.3) is 0 Å². The van der Waals surface area contributed by atoms with Crippen molar-refractivity contribution < 1.29 is 9.84 Å². The Balaban J connectivity index is 2.83. The number of ether oxygens (including phenoxy) is 1. The molecule has 0 heterocycles. The molecule has 1 radical (unpaired) electrons. The van der Waals surface area contributed by atoms with Crippen LogP contribution in [0.4, 0.5) is 0 Å². The van der Waals surface area contributed by atoms with Crippen molar-refractivity contribution in [3.05, 3.63) is 7.11 Å². The summed E-state index contributed by atoms with van der Waals surface area (Å²) < 4.78 is 4.31. The van der Waals surface area contributed by atoms with Crippen molar-refractivity contribution in [1.29, 1.82) is 0 Å². The molecule has 0 aromatic rings. The standard InChI is InChI=1S/C4H10NO2/c1-7-3-4(6)2-5/h4,6H,1-3,5H2. The van der Waals surface area contributed by atoms with E-state index in [0.29, 0.717) is 0 Å². The zero-order valence-electron chi connectivity index (χ0n) is 4.13. The van der Waals surface area contributed by atoms with Gasteiger partial charge in [0.05, 0.1) is 19.8 Å². The average molecular weight is 104 g/mol. The van der Waals surface area contributed by atoms with Gasteiger partial charge in [-0.2, -0.15) is 0 Å². The predicted molar refractivity (Wildman–Crippen MR) is 26.4 cm³/mol. The van der Waals surface area contributed by atoms with Gasteiger partial charge in [0.2, 0.25) is 0 Å². The van der Waals surface area contributed by atoms with E-state index in [0.717, 1.165) is 0 Å². The molecule has 3 N–H and O–H groups in total. The number of nitrogens with two attached hydrogens (primary N) is 1. The first-order valence-electron chi connectivity index (χ1n) is 2.06. The van der Waals surface area contributed by atoms with Crippen molar-refractivity contribution in [3.8, 4) is 0 Å². The summed E-state index contributed by atoms with van der Waals surface area (Å²) in [5.74, 6) is 0. The molecule has 1 atom stereocenters. The lowest BCUT2D eigenvalue weighted by molar-refractivity contribution is 0.0874. The minimum absolute atomic E-state index is 0.219. The van der Waals surface area contributed by atoms with Gasteiger partial charge >= 0.3 is 0 Å². The Bertz CT molecular complexity index is 40.7. The van der Waals surface area contributed by atoms with E-state index in [4.69, 9.17) is 10.8 Å². The molecule has 0 spiro atoms. The smallest absolute Gasteiger partial charge is 0.0895 e. The molecule has 0 saturated carbocycles. The van der Waals surface area contributed by atoms with Crippen LogP contribution >= 0.6 is 0 Å². The van der Waals surface area contributed by atoms with Crippen molar-refractivity contribution >= 4 is 0 Å². The molecule has 0 rings (SSSR count). The van der Waals surface area contributed by atoms with Crippen LogP contribution in [0.15, 0.2) is 0 Å². The molecular weight excluding hydrogens is 94.0 g/mol. The summed E-state index contributed by atoms with van der Waals surface area (Å²) in [4.78, 5) is 0. The Kier molecular flexibility index (Phi) is 3.98. The largest absolute Gasteiger partial charge is 0.389 e. The van der Waals surface area contributed by atoms with E-state index >= 15 is 0 Å². The van der Waals surface area contributed by atoms with E-state index in [9.17, 15) is 0 Å². The minimum atomic E-state index is -0.558. The molecule has 0 bridgehead atoms. The number of rotatable bonds is 3. The number of aliphatic hydroxyl groups excluding tert-OH is 1. The summed E-state index contributed by atoms with van der Waals surface area (Å²) in [6.45, 7) is 0.450. The van der Waals surface area contributed by atoms with Gasteiger partial charge < -0.3 is 15.6 Å². The van der Waals surface area contributed by atoms with Crippen LogP contribution < -0.4 is 5.73 Å². The number of hydrogen-bond donors (Lipinski definition) is 2. The third-order valence-corrected chi connectivity index (χ3v) is 0.582. The van der Waals surface area contributed by atoms with Gasteiger partial charge in [-0.25, -0.2) is 0 Å². The second kappa shape index (κ2) is 4.05. The highest BCUT2D eigenvalue weighted by atomic mass is 16.5. The Morgan fingerprint density at radius 1 is 1.86 bits per heavy atom. The van der Waals surface area contributed by atoms with Crippen molar-refractivity contribution in [2.24, 2.45) is 5.73 Å². The fourth-order valence-electron chi connectivity index (χ4n) is 0.204. The van der Waals surface area contributed by atoms with Crippen molar-refractivity contribution in [1.82, 2.24) is 0 Å².